The van der Waals surface area contributed by atoms with Crippen LogP contribution in [0.4, 0.5) is 0 Å². The second-order valence-electron chi connectivity index (χ2n) is 27.2. The SMILES string of the molecule is CC(C)c1cc(C(C)C)cc(C(C)C)c1.CC(C)c1ccc(-c2ccc(C(C)C)cc2)cc1.CC(C)c1ccc(C(C)C)cc1.CC(C)c1ccc(C(c2ccc(C(C)C)cc2)C(c2ccc(C(C)C)cc2)c2ccc(C(C)C)cc2)cc1. The summed E-state index contributed by atoms with van der Waals surface area (Å²) in [4.78, 5) is 0. The molecule has 0 N–H and O–H groups in total. The Bertz CT molecular complexity index is 2730. The highest BCUT2D eigenvalue weighted by Gasteiger charge is 2.29. The molecule has 8 aromatic rings. The van der Waals surface area contributed by atoms with Gasteiger partial charge < -0.3 is 0 Å². The van der Waals surface area contributed by atoms with E-state index in [1.54, 1.807) is 0 Å². The summed E-state index contributed by atoms with van der Waals surface area (Å²) >= 11 is 0. The smallest absolute Gasteiger partial charge is 0.0199 e. The molecular weight excluding hydrogens is 997 g/mol. The maximum absolute atomic E-state index is 2.37. The average Bonchev–Trinajstić information content (AvgIpc) is 3.67. The second-order valence-corrected chi connectivity index (χ2v) is 27.2. The highest BCUT2D eigenvalue weighted by atomic mass is 14.3. The minimum absolute atomic E-state index is 0.215. The van der Waals surface area contributed by atoms with Gasteiger partial charge in [0, 0.05) is 11.8 Å². The molecule has 0 bridgehead atoms. The average molecular weight is 1110 g/mol. The van der Waals surface area contributed by atoms with Gasteiger partial charge in [0.15, 0.2) is 0 Å². The van der Waals surface area contributed by atoms with Crippen molar-refractivity contribution in [2.45, 2.75) is 229 Å². The first-order valence-corrected chi connectivity index (χ1v) is 32.1. The largest absolute Gasteiger partial charge is 0.0587 e. The first-order valence-electron chi connectivity index (χ1n) is 32.1. The van der Waals surface area contributed by atoms with E-state index < -0.39 is 0 Å². The first kappa shape index (κ1) is 67.5. The van der Waals surface area contributed by atoms with Crippen molar-refractivity contribution in [2.75, 3.05) is 0 Å². The molecule has 8 aromatic carbocycles. The van der Waals surface area contributed by atoms with Crippen LogP contribution in [0.25, 0.3) is 11.1 Å². The molecule has 0 fully saturated rings. The van der Waals surface area contributed by atoms with E-state index in [4.69, 9.17) is 0 Å². The summed E-state index contributed by atoms with van der Waals surface area (Å²) in [5.41, 5.74) is 23.7. The molecule has 0 radical (unpaired) electrons. The predicted octanol–water partition coefficient (Wildman–Crippen LogP) is 25.7. The molecule has 442 valence electrons. The number of hydrogen-bond donors (Lipinski definition) is 0. The molecular formula is C83H110. The van der Waals surface area contributed by atoms with Crippen LogP contribution in [-0.2, 0) is 0 Å². The first-order chi connectivity index (χ1) is 39.2. The lowest BCUT2D eigenvalue weighted by Crippen LogP contribution is -2.15. The fourth-order valence-corrected chi connectivity index (χ4v) is 10.6. The molecule has 0 aliphatic carbocycles. The van der Waals surface area contributed by atoms with E-state index in [2.05, 4.69) is 340 Å². The lowest BCUT2D eigenvalue weighted by molar-refractivity contribution is 0.690. The standard InChI is InChI=1S/C38H46.C18H22.C15H24.C12H18/c1-25(2)29-9-17-33(18-10-29)37(34-19-11-30(12-20-34)26(3)4)38(35-21-13-31(14-22-35)27(5)6)36-23-15-32(16-24-36)28(7)8;1-13(2)15-5-9-17(10-6-15)18-11-7-16(8-12-18)14(3)4;1-10(2)13-7-14(11(3)4)9-15(8-13)12(5)6;1-9(2)11-5-7-12(8-6-11)10(3)4/h9-28,37-38H,1-8H3;5-14H,1-4H3;7-12H,1-6H3;5-10H,1-4H3. The van der Waals surface area contributed by atoms with Crippen molar-refractivity contribution in [3.63, 3.8) is 0 Å². The topological polar surface area (TPSA) is 0 Å². The van der Waals surface area contributed by atoms with Crippen LogP contribution in [0.1, 0.15) is 313 Å². The van der Waals surface area contributed by atoms with Crippen LogP contribution >= 0.6 is 0 Å². The number of benzene rings is 8. The van der Waals surface area contributed by atoms with E-state index >= 15 is 0 Å². The van der Waals surface area contributed by atoms with Crippen LogP contribution in [0, 0.1) is 0 Å². The fraction of sp³-hybridized carbons (Fsp3) is 0.422. The third-order valence-corrected chi connectivity index (χ3v) is 16.9. The second kappa shape index (κ2) is 32.2. The summed E-state index contributed by atoms with van der Waals surface area (Å²) in [6.07, 6.45) is 0. The Labute approximate surface area is 509 Å². The zero-order valence-corrected chi connectivity index (χ0v) is 55.9. The van der Waals surface area contributed by atoms with Gasteiger partial charge in [-0.3, -0.25) is 0 Å². The summed E-state index contributed by atoms with van der Waals surface area (Å²) in [7, 11) is 0. The van der Waals surface area contributed by atoms with Crippen molar-refractivity contribution in [1.82, 2.24) is 0 Å². The Morgan fingerprint density at radius 2 is 0.241 bits per heavy atom. The van der Waals surface area contributed by atoms with Crippen molar-refractivity contribution in [3.05, 3.63) is 272 Å². The molecule has 0 aromatic heterocycles. The van der Waals surface area contributed by atoms with Crippen molar-refractivity contribution >= 4 is 0 Å². The van der Waals surface area contributed by atoms with Gasteiger partial charge in [0.1, 0.15) is 0 Å². The van der Waals surface area contributed by atoms with Crippen LogP contribution in [0.15, 0.2) is 188 Å². The molecule has 0 aliphatic rings. The van der Waals surface area contributed by atoms with Crippen molar-refractivity contribution in [3.8, 4) is 11.1 Å². The molecule has 0 amide bonds. The van der Waals surface area contributed by atoms with E-state index in [1.165, 1.54) is 94.6 Å². The molecule has 0 spiro atoms. The maximum Gasteiger partial charge on any atom is 0.0199 e. The van der Waals surface area contributed by atoms with Crippen molar-refractivity contribution < 1.29 is 0 Å². The lowest BCUT2D eigenvalue weighted by atomic mass is 9.73. The van der Waals surface area contributed by atoms with E-state index in [-0.39, 0.29) is 11.8 Å². The van der Waals surface area contributed by atoms with Gasteiger partial charge in [-0.2, -0.15) is 0 Å². The minimum Gasteiger partial charge on any atom is -0.0587 e. The van der Waals surface area contributed by atoms with E-state index in [9.17, 15) is 0 Å². The van der Waals surface area contributed by atoms with Gasteiger partial charge in [-0.15, -0.1) is 0 Å². The molecule has 83 heavy (non-hydrogen) atoms. The van der Waals surface area contributed by atoms with E-state index in [0.717, 1.165) is 0 Å². The van der Waals surface area contributed by atoms with Crippen molar-refractivity contribution in [1.29, 1.82) is 0 Å². The summed E-state index contributed by atoms with van der Waals surface area (Å²) in [5, 5.41) is 0. The molecule has 0 saturated heterocycles. The van der Waals surface area contributed by atoms with Crippen molar-refractivity contribution in [2.24, 2.45) is 0 Å². The molecule has 0 aliphatic heterocycles. The van der Waals surface area contributed by atoms with Crippen LogP contribution in [-0.4, -0.2) is 0 Å². The molecule has 0 saturated carbocycles. The Kier molecular flexibility index (Phi) is 26.2. The van der Waals surface area contributed by atoms with E-state index in [1.807, 2.05) is 0 Å². The fourth-order valence-electron chi connectivity index (χ4n) is 10.6. The maximum atomic E-state index is 2.37. The van der Waals surface area contributed by atoms with Gasteiger partial charge in [-0.1, -0.05) is 340 Å². The molecule has 8 rings (SSSR count). The van der Waals surface area contributed by atoms with Crippen LogP contribution < -0.4 is 0 Å². The van der Waals surface area contributed by atoms with Gasteiger partial charge in [0.25, 0.3) is 0 Å². The summed E-state index contributed by atoms with van der Waals surface area (Å²) in [5.74, 6) is 6.89. The molecule has 0 heteroatoms. The van der Waals surface area contributed by atoms with Crippen LogP contribution in [0.5, 0.6) is 0 Å². The third kappa shape index (κ3) is 19.9. The lowest BCUT2D eigenvalue weighted by Gasteiger charge is -2.30. The summed E-state index contributed by atoms with van der Waals surface area (Å²) in [6, 6.07) is 71.4. The van der Waals surface area contributed by atoms with Gasteiger partial charge in [-0.05, 0) is 160 Å². The van der Waals surface area contributed by atoms with Gasteiger partial charge in [-0.25, -0.2) is 0 Å². The monoisotopic (exact) mass is 1110 g/mol. The predicted molar refractivity (Wildman–Crippen MR) is 369 cm³/mol. The molecule has 0 nitrogen and oxygen atoms in total. The molecule has 0 unspecified atom stereocenters. The molecule has 0 atom stereocenters. The Hall–Kier alpha value is -6.24. The zero-order valence-electron chi connectivity index (χ0n) is 55.9. The highest BCUT2D eigenvalue weighted by Crippen LogP contribution is 2.44. The number of rotatable bonds is 17. The highest BCUT2D eigenvalue weighted by molar-refractivity contribution is 5.64. The minimum atomic E-state index is 0.215. The molecule has 0 heterocycles. The third-order valence-electron chi connectivity index (χ3n) is 16.9. The Balaban J connectivity index is 0.000000231. The van der Waals surface area contributed by atoms with E-state index in [0.29, 0.717) is 65.1 Å². The van der Waals surface area contributed by atoms with Crippen LogP contribution in [0.2, 0.25) is 0 Å². The summed E-state index contributed by atoms with van der Waals surface area (Å²) < 4.78 is 0. The Morgan fingerprint density at radius 1 is 0.133 bits per heavy atom. The van der Waals surface area contributed by atoms with Crippen LogP contribution in [0.3, 0.4) is 0 Å². The van der Waals surface area contributed by atoms with Gasteiger partial charge in [0.05, 0.1) is 0 Å². The Morgan fingerprint density at radius 3 is 0.361 bits per heavy atom. The quantitative estimate of drug-likeness (QED) is 0.0852. The number of hydrogen-bond acceptors (Lipinski definition) is 0. The summed E-state index contributed by atoms with van der Waals surface area (Å²) in [6.45, 7) is 49.6. The normalized spacial score (nSPS) is 11.7. The zero-order chi connectivity index (χ0) is 61.2. The van der Waals surface area contributed by atoms with Gasteiger partial charge >= 0.3 is 0 Å². The van der Waals surface area contributed by atoms with Gasteiger partial charge in [0.2, 0.25) is 0 Å².